The summed E-state index contributed by atoms with van der Waals surface area (Å²) in [6, 6.07) is 9.63. The average molecular weight is 494 g/mol. The van der Waals surface area contributed by atoms with Gasteiger partial charge >= 0.3 is 0 Å². The van der Waals surface area contributed by atoms with Crippen LogP contribution in [0.5, 0.6) is 5.75 Å². The molecular formula is C24H27N7O3S. The van der Waals surface area contributed by atoms with E-state index < -0.39 is 0 Å². The number of carbonyl (C=O) groups is 1. The van der Waals surface area contributed by atoms with Crippen molar-refractivity contribution in [2.45, 2.75) is 44.5 Å². The Kier molecular flexibility index (Phi) is 6.69. The van der Waals surface area contributed by atoms with E-state index in [1.165, 1.54) is 18.1 Å². The predicted octanol–water partition coefficient (Wildman–Crippen LogP) is 3.63. The third-order valence-electron chi connectivity index (χ3n) is 6.15. The summed E-state index contributed by atoms with van der Waals surface area (Å²) in [7, 11) is 1.64. The number of aryl methyl sites for hydroxylation is 1. The highest BCUT2D eigenvalue weighted by molar-refractivity contribution is 7.99. The molecule has 0 amide bonds. The van der Waals surface area contributed by atoms with Gasteiger partial charge in [0.25, 0.3) is 0 Å². The summed E-state index contributed by atoms with van der Waals surface area (Å²) in [6.45, 7) is 5.27. The minimum absolute atomic E-state index is 0.0199. The molecule has 0 spiro atoms. The molecule has 1 fully saturated rings. The van der Waals surface area contributed by atoms with E-state index in [2.05, 4.69) is 29.9 Å². The summed E-state index contributed by atoms with van der Waals surface area (Å²) in [5.41, 5.74) is 3.33. The number of hydrogen-bond donors (Lipinski definition) is 1. The van der Waals surface area contributed by atoms with Crippen molar-refractivity contribution in [2.24, 2.45) is 0 Å². The fourth-order valence-corrected chi connectivity index (χ4v) is 5.22. The van der Waals surface area contributed by atoms with Crippen molar-refractivity contribution >= 4 is 17.5 Å². The molecule has 1 atom stereocenters. The molecule has 1 aliphatic heterocycles. The van der Waals surface area contributed by atoms with Gasteiger partial charge in [-0.25, -0.2) is 5.10 Å². The van der Waals surface area contributed by atoms with Crippen LogP contribution in [0.15, 0.2) is 41.8 Å². The van der Waals surface area contributed by atoms with E-state index in [4.69, 9.17) is 9.47 Å². The molecule has 1 N–H and O–H groups in total. The second-order valence-electron chi connectivity index (χ2n) is 8.42. The zero-order chi connectivity index (χ0) is 24.4. The summed E-state index contributed by atoms with van der Waals surface area (Å²) in [6.07, 6.45) is 3.61. The number of benzene rings is 1. The normalized spacial score (nSPS) is 15.6. The highest BCUT2D eigenvalue weighted by Gasteiger charge is 2.24. The van der Waals surface area contributed by atoms with E-state index in [0.29, 0.717) is 23.2 Å². The Bertz CT molecular complexity index is 1310. The lowest BCUT2D eigenvalue weighted by Crippen LogP contribution is -2.17. The van der Waals surface area contributed by atoms with Crippen LogP contribution < -0.4 is 4.74 Å². The number of ether oxygens (including phenoxy) is 2. The van der Waals surface area contributed by atoms with E-state index in [-0.39, 0.29) is 17.6 Å². The standard InChI is InChI=1S/C24H27N7O3S/c1-15-11-20(16(2)31(15)23-25-14-26-28-23)21(32)13-35-24-29-27-22(17-6-8-18(33-3)9-7-17)30(24)12-19-5-4-10-34-19/h6-9,11,14,19H,4-5,10,12-13H2,1-3H3,(H,25,26,28)/t19-/m1/s1. The van der Waals surface area contributed by atoms with Crippen LogP contribution in [-0.2, 0) is 11.3 Å². The van der Waals surface area contributed by atoms with E-state index in [9.17, 15) is 4.79 Å². The van der Waals surface area contributed by atoms with Gasteiger partial charge in [-0.1, -0.05) is 11.8 Å². The SMILES string of the molecule is COc1ccc(-c2nnc(SCC(=O)c3cc(C)n(-c4ncn[nH]4)c3C)n2C[C@H]2CCCO2)cc1. The molecule has 35 heavy (non-hydrogen) atoms. The van der Waals surface area contributed by atoms with Gasteiger partial charge in [0.2, 0.25) is 5.95 Å². The van der Waals surface area contributed by atoms with Crippen molar-refractivity contribution in [1.29, 1.82) is 0 Å². The summed E-state index contributed by atoms with van der Waals surface area (Å²) >= 11 is 1.39. The van der Waals surface area contributed by atoms with Crippen LogP contribution in [-0.4, -0.2) is 65.9 Å². The summed E-state index contributed by atoms with van der Waals surface area (Å²) in [4.78, 5) is 17.4. The van der Waals surface area contributed by atoms with E-state index in [1.807, 2.05) is 48.7 Å². The molecule has 11 heteroatoms. The molecule has 0 saturated carbocycles. The van der Waals surface area contributed by atoms with Gasteiger partial charge in [0, 0.05) is 29.1 Å². The smallest absolute Gasteiger partial charge is 0.229 e. The van der Waals surface area contributed by atoms with Gasteiger partial charge in [-0.05, 0) is 57.0 Å². The lowest BCUT2D eigenvalue weighted by molar-refractivity contribution is 0.0953. The molecule has 0 radical (unpaired) electrons. The molecule has 1 saturated heterocycles. The van der Waals surface area contributed by atoms with Gasteiger partial charge in [0.05, 0.1) is 25.5 Å². The van der Waals surface area contributed by atoms with E-state index in [0.717, 1.165) is 48.0 Å². The molecule has 1 aromatic carbocycles. The monoisotopic (exact) mass is 493 g/mol. The number of carbonyl (C=O) groups excluding carboxylic acids is 1. The van der Waals surface area contributed by atoms with Crippen molar-refractivity contribution < 1.29 is 14.3 Å². The Balaban J connectivity index is 1.38. The minimum Gasteiger partial charge on any atom is -0.497 e. The molecule has 0 unspecified atom stereocenters. The van der Waals surface area contributed by atoms with Crippen LogP contribution >= 0.6 is 11.8 Å². The molecule has 4 aromatic rings. The Hall–Kier alpha value is -3.44. The predicted molar refractivity (Wildman–Crippen MR) is 131 cm³/mol. The number of hydrogen-bond acceptors (Lipinski definition) is 8. The third-order valence-corrected chi connectivity index (χ3v) is 7.12. The van der Waals surface area contributed by atoms with Gasteiger partial charge in [0.15, 0.2) is 16.8 Å². The molecule has 1 aliphatic rings. The Morgan fingerprint density at radius 1 is 1.26 bits per heavy atom. The van der Waals surface area contributed by atoms with Crippen molar-refractivity contribution in [3.63, 3.8) is 0 Å². The van der Waals surface area contributed by atoms with Crippen molar-refractivity contribution in [1.82, 2.24) is 34.5 Å². The maximum atomic E-state index is 13.2. The van der Waals surface area contributed by atoms with Crippen LogP contribution in [0.3, 0.4) is 0 Å². The molecule has 10 nitrogen and oxygen atoms in total. The largest absolute Gasteiger partial charge is 0.497 e. The summed E-state index contributed by atoms with van der Waals surface area (Å²) in [5, 5.41) is 16.4. The van der Waals surface area contributed by atoms with Gasteiger partial charge in [-0.2, -0.15) is 10.1 Å². The number of aromatic amines is 1. The zero-order valence-electron chi connectivity index (χ0n) is 19.9. The van der Waals surface area contributed by atoms with Crippen LogP contribution in [0.25, 0.3) is 17.3 Å². The second-order valence-corrected chi connectivity index (χ2v) is 9.36. The molecule has 0 aliphatic carbocycles. The quantitative estimate of drug-likeness (QED) is 0.278. The fraction of sp³-hybridized carbons (Fsp3) is 0.375. The van der Waals surface area contributed by atoms with Gasteiger partial charge in [-0.15, -0.1) is 10.2 Å². The van der Waals surface area contributed by atoms with E-state index >= 15 is 0 Å². The van der Waals surface area contributed by atoms with Crippen LogP contribution in [0.4, 0.5) is 0 Å². The highest BCUT2D eigenvalue weighted by Crippen LogP contribution is 2.29. The topological polar surface area (TPSA) is 113 Å². The number of rotatable bonds is 9. The lowest BCUT2D eigenvalue weighted by atomic mass is 10.2. The summed E-state index contributed by atoms with van der Waals surface area (Å²) in [5.74, 6) is 2.38. The van der Waals surface area contributed by atoms with E-state index in [1.54, 1.807) is 7.11 Å². The number of methoxy groups -OCH3 is 1. The maximum Gasteiger partial charge on any atom is 0.229 e. The first-order valence-electron chi connectivity index (χ1n) is 11.4. The molecule has 4 heterocycles. The molecule has 182 valence electrons. The lowest BCUT2D eigenvalue weighted by Gasteiger charge is -2.15. The Morgan fingerprint density at radius 3 is 2.77 bits per heavy atom. The highest BCUT2D eigenvalue weighted by atomic mass is 32.2. The fourth-order valence-electron chi connectivity index (χ4n) is 4.39. The van der Waals surface area contributed by atoms with Crippen molar-refractivity contribution in [2.75, 3.05) is 19.5 Å². The number of nitrogens with zero attached hydrogens (tertiary/aromatic N) is 6. The molecule has 0 bridgehead atoms. The number of aromatic nitrogens is 7. The van der Waals surface area contributed by atoms with Crippen LogP contribution in [0.2, 0.25) is 0 Å². The number of thioether (sulfide) groups is 1. The summed E-state index contributed by atoms with van der Waals surface area (Å²) < 4.78 is 15.1. The Labute approximate surface area is 207 Å². The number of ketones is 1. The third kappa shape index (κ3) is 4.73. The van der Waals surface area contributed by atoms with Crippen molar-refractivity contribution in [3.05, 3.63) is 53.6 Å². The molecule has 3 aromatic heterocycles. The second kappa shape index (κ2) is 10.0. The minimum atomic E-state index is 0.0199. The van der Waals surface area contributed by atoms with Gasteiger partial charge < -0.3 is 9.47 Å². The van der Waals surface area contributed by atoms with Crippen LogP contribution in [0.1, 0.15) is 34.6 Å². The molecule has 5 rings (SSSR count). The van der Waals surface area contributed by atoms with Gasteiger partial charge in [-0.3, -0.25) is 13.9 Å². The Morgan fingerprint density at radius 2 is 2.09 bits per heavy atom. The first-order chi connectivity index (χ1) is 17.0. The van der Waals surface area contributed by atoms with Crippen molar-refractivity contribution in [3.8, 4) is 23.1 Å². The van der Waals surface area contributed by atoms with Gasteiger partial charge in [0.1, 0.15) is 12.1 Å². The molecular weight excluding hydrogens is 466 g/mol. The number of Topliss-reactive ketones (excluding diaryl/α,β-unsaturated/α-hetero) is 1. The first-order valence-corrected chi connectivity index (χ1v) is 12.4. The first kappa shape index (κ1) is 23.3. The average Bonchev–Trinajstić information content (AvgIpc) is 3.67. The van der Waals surface area contributed by atoms with Crippen LogP contribution in [0, 0.1) is 13.8 Å². The number of nitrogens with one attached hydrogen (secondary N) is 1. The number of H-pyrrole nitrogens is 1. The maximum absolute atomic E-state index is 13.2. The zero-order valence-corrected chi connectivity index (χ0v) is 20.7.